The SMILES string of the molecule is Cc1c(NC(=O)N2CCC[C@H](c3cc(F)ccc3F)C2)cnn1-c1ccccc1. The van der Waals surface area contributed by atoms with E-state index < -0.39 is 11.6 Å². The molecule has 0 radical (unpaired) electrons. The monoisotopic (exact) mass is 396 g/mol. The molecule has 7 heteroatoms. The summed E-state index contributed by atoms with van der Waals surface area (Å²) in [6.45, 7) is 2.81. The highest BCUT2D eigenvalue weighted by molar-refractivity contribution is 5.90. The van der Waals surface area contributed by atoms with Gasteiger partial charge in [0.2, 0.25) is 0 Å². The Bertz CT molecular complexity index is 1020. The lowest BCUT2D eigenvalue weighted by Gasteiger charge is -2.33. The van der Waals surface area contributed by atoms with E-state index in [0.717, 1.165) is 36.4 Å². The Morgan fingerprint density at radius 2 is 1.97 bits per heavy atom. The van der Waals surface area contributed by atoms with Crippen LogP contribution in [-0.2, 0) is 0 Å². The van der Waals surface area contributed by atoms with E-state index >= 15 is 0 Å². The Hall–Kier alpha value is -3.22. The number of benzene rings is 2. The van der Waals surface area contributed by atoms with E-state index in [1.54, 1.807) is 15.8 Å². The van der Waals surface area contributed by atoms with Crippen molar-refractivity contribution in [2.45, 2.75) is 25.7 Å². The van der Waals surface area contributed by atoms with Crippen molar-refractivity contribution in [1.29, 1.82) is 0 Å². The van der Waals surface area contributed by atoms with Crippen molar-refractivity contribution < 1.29 is 13.6 Å². The van der Waals surface area contributed by atoms with Crippen LogP contribution in [0.1, 0.15) is 30.0 Å². The third kappa shape index (κ3) is 3.99. The molecular formula is C22H22F2N4O. The fraction of sp³-hybridized carbons (Fsp3) is 0.273. The summed E-state index contributed by atoms with van der Waals surface area (Å²) in [5, 5.41) is 7.26. The molecule has 1 saturated heterocycles. The Labute approximate surface area is 168 Å². The first kappa shape index (κ1) is 19.1. The Kier molecular flexibility index (Phi) is 5.29. The fourth-order valence-electron chi connectivity index (χ4n) is 3.80. The molecule has 1 aromatic heterocycles. The number of hydrogen-bond acceptors (Lipinski definition) is 2. The number of carbonyl (C=O) groups excluding carboxylic acids is 1. The number of likely N-dealkylation sites (tertiary alicyclic amines) is 1. The van der Waals surface area contributed by atoms with Gasteiger partial charge in [0.1, 0.15) is 11.6 Å². The molecule has 1 atom stereocenters. The van der Waals surface area contributed by atoms with Crippen LogP contribution in [0.3, 0.4) is 0 Å². The van der Waals surface area contributed by atoms with Gasteiger partial charge in [0.25, 0.3) is 0 Å². The Morgan fingerprint density at radius 3 is 2.76 bits per heavy atom. The maximum Gasteiger partial charge on any atom is 0.321 e. The number of amides is 2. The van der Waals surface area contributed by atoms with Crippen LogP contribution >= 0.6 is 0 Å². The van der Waals surface area contributed by atoms with E-state index in [9.17, 15) is 13.6 Å². The molecule has 1 fully saturated rings. The van der Waals surface area contributed by atoms with Gasteiger partial charge in [-0.3, -0.25) is 0 Å². The van der Waals surface area contributed by atoms with Gasteiger partial charge in [-0.25, -0.2) is 18.3 Å². The van der Waals surface area contributed by atoms with Crippen LogP contribution < -0.4 is 5.32 Å². The molecule has 1 aliphatic heterocycles. The normalized spacial score (nSPS) is 16.7. The molecule has 0 saturated carbocycles. The Morgan fingerprint density at radius 1 is 1.17 bits per heavy atom. The number of hydrogen-bond donors (Lipinski definition) is 1. The number of nitrogens with zero attached hydrogens (tertiary/aromatic N) is 3. The second kappa shape index (κ2) is 8.03. The first-order valence-electron chi connectivity index (χ1n) is 9.64. The van der Waals surface area contributed by atoms with Crippen molar-refractivity contribution in [2.75, 3.05) is 18.4 Å². The van der Waals surface area contributed by atoms with E-state index in [-0.39, 0.29) is 11.9 Å². The summed E-state index contributed by atoms with van der Waals surface area (Å²) in [6.07, 6.45) is 3.07. The maximum atomic E-state index is 14.1. The maximum absolute atomic E-state index is 14.1. The van der Waals surface area contributed by atoms with Crippen molar-refractivity contribution >= 4 is 11.7 Å². The van der Waals surface area contributed by atoms with Crippen LogP contribution in [0.2, 0.25) is 0 Å². The zero-order chi connectivity index (χ0) is 20.4. The molecule has 3 aromatic rings. The van der Waals surface area contributed by atoms with Gasteiger partial charge in [-0.05, 0) is 55.7 Å². The van der Waals surface area contributed by atoms with Crippen LogP contribution in [0.5, 0.6) is 0 Å². The molecular weight excluding hydrogens is 374 g/mol. The predicted molar refractivity (Wildman–Crippen MR) is 107 cm³/mol. The van der Waals surface area contributed by atoms with Crippen molar-refractivity contribution in [3.8, 4) is 5.69 Å². The molecule has 150 valence electrons. The second-order valence-corrected chi connectivity index (χ2v) is 7.27. The fourth-order valence-corrected chi connectivity index (χ4v) is 3.80. The first-order valence-corrected chi connectivity index (χ1v) is 9.64. The van der Waals surface area contributed by atoms with Gasteiger partial charge < -0.3 is 10.2 Å². The van der Waals surface area contributed by atoms with E-state index in [2.05, 4.69) is 10.4 Å². The Balaban J connectivity index is 1.48. The predicted octanol–water partition coefficient (Wildman–Crippen LogP) is 4.87. The van der Waals surface area contributed by atoms with Crippen LogP contribution in [0, 0.1) is 18.6 Å². The van der Waals surface area contributed by atoms with Crippen LogP contribution in [0.15, 0.2) is 54.7 Å². The lowest BCUT2D eigenvalue weighted by Crippen LogP contribution is -2.41. The molecule has 1 aliphatic rings. The first-order chi connectivity index (χ1) is 14.0. The van der Waals surface area contributed by atoms with Crippen molar-refractivity contribution in [2.24, 2.45) is 0 Å². The second-order valence-electron chi connectivity index (χ2n) is 7.27. The number of carbonyl (C=O) groups is 1. The largest absolute Gasteiger partial charge is 0.324 e. The molecule has 5 nitrogen and oxygen atoms in total. The molecule has 0 aliphatic carbocycles. The highest BCUT2D eigenvalue weighted by Gasteiger charge is 2.27. The molecule has 0 unspecified atom stereocenters. The van der Waals surface area contributed by atoms with Gasteiger partial charge in [0.05, 0.1) is 23.3 Å². The quantitative estimate of drug-likeness (QED) is 0.687. The number of nitrogens with one attached hydrogen (secondary N) is 1. The smallest absolute Gasteiger partial charge is 0.321 e. The molecule has 2 heterocycles. The number of para-hydroxylation sites is 1. The van der Waals surface area contributed by atoms with Crippen LogP contribution in [0.4, 0.5) is 19.3 Å². The van der Waals surface area contributed by atoms with Crippen molar-refractivity contribution in [3.63, 3.8) is 0 Å². The van der Waals surface area contributed by atoms with Crippen LogP contribution in [-0.4, -0.2) is 33.8 Å². The highest BCUT2D eigenvalue weighted by Crippen LogP contribution is 2.30. The minimum absolute atomic E-state index is 0.224. The highest BCUT2D eigenvalue weighted by atomic mass is 19.1. The summed E-state index contributed by atoms with van der Waals surface area (Å²) in [6, 6.07) is 12.9. The van der Waals surface area contributed by atoms with Gasteiger partial charge in [0.15, 0.2) is 0 Å². The number of halogens is 2. The summed E-state index contributed by atoms with van der Waals surface area (Å²) in [4.78, 5) is 14.5. The lowest BCUT2D eigenvalue weighted by molar-refractivity contribution is 0.192. The summed E-state index contributed by atoms with van der Waals surface area (Å²) in [7, 11) is 0. The van der Waals surface area contributed by atoms with Gasteiger partial charge in [0, 0.05) is 19.0 Å². The number of urea groups is 1. The molecule has 2 amide bonds. The number of aromatic nitrogens is 2. The van der Waals surface area contributed by atoms with Crippen LogP contribution in [0.25, 0.3) is 5.69 Å². The molecule has 2 aromatic carbocycles. The molecule has 0 bridgehead atoms. The molecule has 0 spiro atoms. The lowest BCUT2D eigenvalue weighted by atomic mass is 9.90. The zero-order valence-electron chi connectivity index (χ0n) is 16.1. The molecule has 4 rings (SSSR count). The summed E-state index contributed by atoms with van der Waals surface area (Å²) < 4.78 is 29.5. The number of rotatable bonds is 3. The third-order valence-corrected chi connectivity index (χ3v) is 5.36. The van der Waals surface area contributed by atoms with E-state index in [0.29, 0.717) is 24.3 Å². The number of piperidine rings is 1. The minimum atomic E-state index is -0.466. The zero-order valence-corrected chi connectivity index (χ0v) is 16.1. The van der Waals surface area contributed by atoms with Crippen molar-refractivity contribution in [3.05, 3.63) is 77.6 Å². The molecule has 1 N–H and O–H groups in total. The van der Waals surface area contributed by atoms with Gasteiger partial charge in [-0.2, -0.15) is 5.10 Å². The van der Waals surface area contributed by atoms with E-state index in [1.165, 1.54) is 6.07 Å². The van der Waals surface area contributed by atoms with Gasteiger partial charge in [-0.1, -0.05) is 18.2 Å². The summed E-state index contributed by atoms with van der Waals surface area (Å²) in [5.74, 6) is -1.12. The average molecular weight is 396 g/mol. The van der Waals surface area contributed by atoms with Gasteiger partial charge >= 0.3 is 6.03 Å². The van der Waals surface area contributed by atoms with Crippen molar-refractivity contribution in [1.82, 2.24) is 14.7 Å². The summed E-state index contributed by atoms with van der Waals surface area (Å²) in [5.41, 5.74) is 2.67. The topological polar surface area (TPSA) is 50.2 Å². The van der Waals surface area contributed by atoms with E-state index in [1.807, 2.05) is 37.3 Å². The standard InChI is InChI=1S/C22H22F2N4O/c1-15-21(13-25-28(15)18-7-3-2-4-8-18)26-22(29)27-11-5-6-16(14-27)19-12-17(23)9-10-20(19)24/h2-4,7-10,12-13,16H,5-6,11,14H2,1H3,(H,26,29)/t16-/m0/s1. The summed E-state index contributed by atoms with van der Waals surface area (Å²) >= 11 is 0. The van der Waals surface area contributed by atoms with E-state index in [4.69, 9.17) is 0 Å². The molecule has 29 heavy (non-hydrogen) atoms. The average Bonchev–Trinajstić information content (AvgIpc) is 3.10. The van der Waals surface area contributed by atoms with Gasteiger partial charge in [-0.15, -0.1) is 0 Å². The minimum Gasteiger partial charge on any atom is -0.324 e. The number of anilines is 1. The third-order valence-electron chi connectivity index (χ3n) is 5.36.